The molecule has 0 unspecified atom stereocenters. The summed E-state index contributed by atoms with van der Waals surface area (Å²) < 4.78 is 28.7. The quantitative estimate of drug-likeness (QED) is 0.678. The standard InChI is InChI=1S/C15H26O4S/c16-14(11-10-13-6-2-1-3-7-13)12-20(17,18)19-15-8-4-5-9-15/h13,15H,1-12H2. The molecule has 0 bridgehead atoms. The molecule has 0 atom stereocenters. The zero-order valence-corrected chi connectivity index (χ0v) is 13.0. The van der Waals surface area contributed by atoms with Gasteiger partial charge in [0.2, 0.25) is 0 Å². The Morgan fingerprint density at radius 3 is 2.20 bits per heavy atom. The van der Waals surface area contributed by atoms with Gasteiger partial charge in [-0.2, -0.15) is 8.42 Å². The SMILES string of the molecule is O=C(CCC1CCCCC1)CS(=O)(=O)OC1CCCC1. The van der Waals surface area contributed by atoms with Gasteiger partial charge >= 0.3 is 0 Å². The third-order valence-electron chi connectivity index (χ3n) is 4.48. The van der Waals surface area contributed by atoms with Gasteiger partial charge in [0.15, 0.2) is 0 Å². The van der Waals surface area contributed by atoms with E-state index in [0.29, 0.717) is 12.3 Å². The van der Waals surface area contributed by atoms with Gasteiger partial charge in [-0.15, -0.1) is 0 Å². The topological polar surface area (TPSA) is 60.4 Å². The largest absolute Gasteiger partial charge is 0.298 e. The van der Waals surface area contributed by atoms with Crippen LogP contribution in [0.2, 0.25) is 0 Å². The van der Waals surface area contributed by atoms with Crippen molar-refractivity contribution in [3.05, 3.63) is 0 Å². The van der Waals surface area contributed by atoms with E-state index in [9.17, 15) is 13.2 Å². The molecule has 0 aliphatic heterocycles. The van der Waals surface area contributed by atoms with E-state index < -0.39 is 15.9 Å². The summed E-state index contributed by atoms with van der Waals surface area (Å²) in [6.07, 6.45) is 10.9. The van der Waals surface area contributed by atoms with Crippen LogP contribution in [0.4, 0.5) is 0 Å². The molecular weight excluding hydrogens is 276 g/mol. The van der Waals surface area contributed by atoms with Crippen molar-refractivity contribution in [3.63, 3.8) is 0 Å². The summed E-state index contributed by atoms with van der Waals surface area (Å²) in [5.41, 5.74) is 0. The minimum absolute atomic E-state index is 0.187. The molecular formula is C15H26O4S. The first-order chi connectivity index (χ1) is 9.55. The van der Waals surface area contributed by atoms with Crippen molar-refractivity contribution in [2.45, 2.75) is 76.7 Å². The summed E-state index contributed by atoms with van der Waals surface area (Å²) in [5, 5.41) is 0. The van der Waals surface area contributed by atoms with Crippen molar-refractivity contribution >= 4 is 15.9 Å². The van der Waals surface area contributed by atoms with Crippen LogP contribution >= 0.6 is 0 Å². The molecule has 2 aliphatic carbocycles. The van der Waals surface area contributed by atoms with Crippen molar-refractivity contribution < 1.29 is 17.4 Å². The highest BCUT2D eigenvalue weighted by molar-refractivity contribution is 7.87. The number of Topliss-reactive ketones (excluding diaryl/α,β-unsaturated/α-hetero) is 1. The Balaban J connectivity index is 1.69. The van der Waals surface area contributed by atoms with E-state index in [4.69, 9.17) is 4.18 Å². The van der Waals surface area contributed by atoms with E-state index in [2.05, 4.69) is 0 Å². The lowest BCUT2D eigenvalue weighted by Gasteiger charge is -2.20. The molecule has 0 aromatic heterocycles. The summed E-state index contributed by atoms with van der Waals surface area (Å²) in [6, 6.07) is 0. The molecule has 2 aliphatic rings. The monoisotopic (exact) mass is 302 g/mol. The van der Waals surface area contributed by atoms with Crippen molar-refractivity contribution in [2.24, 2.45) is 5.92 Å². The Labute approximate surface area is 122 Å². The van der Waals surface area contributed by atoms with E-state index in [1.54, 1.807) is 0 Å². The molecule has 0 saturated heterocycles. The molecule has 20 heavy (non-hydrogen) atoms. The molecule has 0 amide bonds. The van der Waals surface area contributed by atoms with Crippen molar-refractivity contribution in [1.29, 1.82) is 0 Å². The van der Waals surface area contributed by atoms with Crippen LogP contribution in [0.15, 0.2) is 0 Å². The maximum Gasteiger partial charge on any atom is 0.274 e. The van der Waals surface area contributed by atoms with Crippen molar-refractivity contribution in [1.82, 2.24) is 0 Å². The lowest BCUT2D eigenvalue weighted by Crippen LogP contribution is -2.23. The third kappa shape index (κ3) is 5.52. The molecule has 5 heteroatoms. The summed E-state index contributed by atoms with van der Waals surface area (Å²) in [6.45, 7) is 0. The summed E-state index contributed by atoms with van der Waals surface area (Å²) in [7, 11) is -3.67. The molecule has 0 spiro atoms. The molecule has 4 nitrogen and oxygen atoms in total. The van der Waals surface area contributed by atoms with Crippen LogP contribution in [0.5, 0.6) is 0 Å². The lowest BCUT2D eigenvalue weighted by atomic mass is 9.86. The van der Waals surface area contributed by atoms with Crippen LogP contribution in [0.25, 0.3) is 0 Å². The number of rotatable bonds is 7. The normalized spacial score (nSPS) is 22.2. The maximum absolute atomic E-state index is 11.8. The average Bonchev–Trinajstić information content (AvgIpc) is 2.89. The fraction of sp³-hybridized carbons (Fsp3) is 0.933. The van der Waals surface area contributed by atoms with E-state index in [0.717, 1.165) is 32.1 Å². The van der Waals surface area contributed by atoms with Crippen molar-refractivity contribution in [2.75, 3.05) is 5.75 Å². The second kappa shape index (κ2) is 7.55. The first-order valence-corrected chi connectivity index (χ1v) is 9.55. The minimum Gasteiger partial charge on any atom is -0.298 e. The number of hydrogen-bond donors (Lipinski definition) is 0. The molecule has 2 fully saturated rings. The Morgan fingerprint density at radius 2 is 1.55 bits per heavy atom. The molecule has 0 aromatic rings. The van der Waals surface area contributed by atoms with E-state index >= 15 is 0 Å². The number of carbonyl (C=O) groups excluding carboxylic acids is 1. The molecule has 2 rings (SSSR count). The molecule has 2 saturated carbocycles. The van der Waals surface area contributed by atoms with Gasteiger partial charge in [-0.1, -0.05) is 44.9 Å². The van der Waals surface area contributed by atoms with Gasteiger partial charge in [0, 0.05) is 6.42 Å². The highest BCUT2D eigenvalue weighted by atomic mass is 32.2. The van der Waals surface area contributed by atoms with Gasteiger partial charge in [-0.25, -0.2) is 0 Å². The minimum atomic E-state index is -3.67. The second-order valence-electron chi connectivity index (χ2n) is 6.29. The smallest absolute Gasteiger partial charge is 0.274 e. The van der Waals surface area contributed by atoms with Crippen LogP contribution in [0.1, 0.15) is 70.6 Å². The predicted octanol–water partition coefficient (Wildman–Crippen LogP) is 3.21. The molecule has 116 valence electrons. The summed E-state index contributed by atoms with van der Waals surface area (Å²) in [5.74, 6) is -0.00400. The first kappa shape index (κ1) is 16.0. The highest BCUT2D eigenvalue weighted by Gasteiger charge is 2.25. The molecule has 0 radical (unpaired) electrons. The zero-order chi connectivity index (χ0) is 14.4. The second-order valence-corrected chi connectivity index (χ2v) is 7.88. The lowest BCUT2D eigenvalue weighted by molar-refractivity contribution is -0.117. The van der Waals surface area contributed by atoms with Gasteiger partial charge in [-0.3, -0.25) is 8.98 Å². The fourth-order valence-electron chi connectivity index (χ4n) is 3.34. The van der Waals surface area contributed by atoms with Crippen LogP contribution < -0.4 is 0 Å². The average molecular weight is 302 g/mol. The van der Waals surface area contributed by atoms with Gasteiger partial charge in [0.05, 0.1) is 6.10 Å². The van der Waals surface area contributed by atoms with E-state index in [1.807, 2.05) is 0 Å². The fourth-order valence-corrected chi connectivity index (χ4v) is 4.55. The van der Waals surface area contributed by atoms with Gasteiger partial charge < -0.3 is 0 Å². The van der Waals surface area contributed by atoms with Crippen molar-refractivity contribution in [3.8, 4) is 0 Å². The Hall–Kier alpha value is -0.420. The number of ketones is 1. The Kier molecular flexibility index (Phi) is 6.02. The number of carbonyl (C=O) groups is 1. The van der Waals surface area contributed by atoms with Crippen LogP contribution in [0, 0.1) is 5.92 Å². The summed E-state index contributed by atoms with van der Waals surface area (Å²) >= 11 is 0. The molecule has 0 N–H and O–H groups in total. The Bertz CT molecular complexity index is 404. The molecule has 0 aromatic carbocycles. The summed E-state index contributed by atoms with van der Waals surface area (Å²) in [4.78, 5) is 11.8. The molecule has 0 heterocycles. The van der Waals surface area contributed by atoms with E-state index in [-0.39, 0.29) is 11.9 Å². The van der Waals surface area contributed by atoms with Gasteiger partial charge in [-0.05, 0) is 25.2 Å². The Morgan fingerprint density at radius 1 is 0.950 bits per heavy atom. The van der Waals surface area contributed by atoms with Crippen LogP contribution in [-0.2, 0) is 19.1 Å². The zero-order valence-electron chi connectivity index (χ0n) is 12.2. The van der Waals surface area contributed by atoms with E-state index in [1.165, 1.54) is 32.1 Å². The van der Waals surface area contributed by atoms with Crippen LogP contribution in [0.3, 0.4) is 0 Å². The third-order valence-corrected chi connectivity index (χ3v) is 5.72. The maximum atomic E-state index is 11.8. The predicted molar refractivity (Wildman–Crippen MR) is 77.9 cm³/mol. The van der Waals surface area contributed by atoms with Crippen LogP contribution in [-0.4, -0.2) is 26.1 Å². The van der Waals surface area contributed by atoms with Gasteiger partial charge in [0.1, 0.15) is 11.5 Å². The first-order valence-electron chi connectivity index (χ1n) is 7.98. The highest BCUT2D eigenvalue weighted by Crippen LogP contribution is 2.27. The number of hydrogen-bond acceptors (Lipinski definition) is 4. The van der Waals surface area contributed by atoms with Gasteiger partial charge in [0.25, 0.3) is 10.1 Å².